The number of nitrogens with zero attached hydrogens (tertiary/aromatic N) is 3. The summed E-state index contributed by atoms with van der Waals surface area (Å²) in [6, 6.07) is 4.00. The number of aliphatic carboxylic acids is 2. The molecule has 0 unspecified atom stereocenters. The molecule has 1 fully saturated rings. The van der Waals surface area contributed by atoms with E-state index in [-0.39, 0.29) is 22.6 Å². The summed E-state index contributed by atoms with van der Waals surface area (Å²) in [4.78, 5) is 49.3. The number of hydrogen-bond donors (Lipinski definition) is 3. The van der Waals surface area contributed by atoms with Crippen molar-refractivity contribution in [3.8, 4) is 0 Å². The lowest BCUT2D eigenvalue weighted by Gasteiger charge is -2.32. The maximum absolute atomic E-state index is 12.4. The molecule has 0 aromatic heterocycles. The summed E-state index contributed by atoms with van der Waals surface area (Å²) >= 11 is 0. The van der Waals surface area contributed by atoms with E-state index in [4.69, 9.17) is 15.0 Å². The monoisotopic (exact) mass is 538 g/mol. The Morgan fingerprint density at radius 1 is 1.03 bits per heavy atom. The van der Waals surface area contributed by atoms with E-state index >= 15 is 0 Å². The van der Waals surface area contributed by atoms with Gasteiger partial charge < -0.3 is 20.0 Å². The molecule has 16 heteroatoms. The maximum Gasteiger partial charge on any atom is 0.490 e. The van der Waals surface area contributed by atoms with Gasteiger partial charge in [-0.15, -0.1) is 0 Å². The number of carboxylic acid groups (broad SMARTS) is 2. The van der Waals surface area contributed by atoms with Gasteiger partial charge in [-0.1, -0.05) is 0 Å². The minimum atomic E-state index is -5.08. The van der Waals surface area contributed by atoms with Crippen molar-refractivity contribution in [2.75, 3.05) is 56.8 Å². The largest absolute Gasteiger partial charge is 0.490 e. The molecule has 2 amide bonds. The third-order valence-corrected chi connectivity index (χ3v) is 6.64. The number of nitrogens with one attached hydrogen (secondary N) is 1. The SMILES string of the molecule is CN1CCN(CCCS(=O)(=O)Nc2ccc3c(c2)C(=O)N(CC(=O)O)C3=O)CC1.O=C(O)C(F)(F)F. The van der Waals surface area contributed by atoms with Crippen molar-refractivity contribution in [3.63, 3.8) is 0 Å². The number of sulfonamides is 1. The first-order valence-electron chi connectivity index (χ1n) is 10.5. The first-order valence-corrected chi connectivity index (χ1v) is 12.2. The van der Waals surface area contributed by atoms with Gasteiger partial charge >= 0.3 is 18.1 Å². The number of halogens is 3. The zero-order valence-electron chi connectivity index (χ0n) is 19.1. The quantitative estimate of drug-likeness (QED) is 0.394. The molecule has 1 aromatic rings. The Morgan fingerprint density at radius 2 is 1.58 bits per heavy atom. The molecule has 1 aromatic carbocycles. The standard InChI is InChI=1S/C18H24N4O6S.C2HF3O2/c1-20-6-8-21(9-7-20)5-2-10-29(27,28)19-13-3-4-14-15(11-13)18(26)22(17(14)25)12-16(23)24;3-2(4,5)1(6)7/h3-4,11,19H,2,5-10,12H2,1H3,(H,23,24);(H,6,7). The number of alkyl halides is 3. The van der Waals surface area contributed by atoms with E-state index < -0.39 is 46.5 Å². The van der Waals surface area contributed by atoms with E-state index in [2.05, 4.69) is 21.6 Å². The van der Waals surface area contributed by atoms with Crippen LogP contribution in [0.15, 0.2) is 18.2 Å². The Balaban J connectivity index is 0.000000572. The summed E-state index contributed by atoms with van der Waals surface area (Å²) in [7, 11) is -1.56. The highest BCUT2D eigenvalue weighted by molar-refractivity contribution is 7.92. The van der Waals surface area contributed by atoms with E-state index in [9.17, 15) is 36.0 Å². The number of anilines is 1. The Hall–Kier alpha value is -3.24. The van der Waals surface area contributed by atoms with Gasteiger partial charge in [0.1, 0.15) is 6.54 Å². The molecule has 3 N–H and O–H groups in total. The number of likely N-dealkylation sites (N-methyl/N-ethyl adjacent to an activating group) is 1. The van der Waals surface area contributed by atoms with Gasteiger partial charge in [0.25, 0.3) is 11.8 Å². The molecular weight excluding hydrogens is 513 g/mol. The first-order chi connectivity index (χ1) is 16.6. The number of fused-ring (bicyclic) bond motifs is 1. The van der Waals surface area contributed by atoms with E-state index in [0.717, 1.165) is 26.2 Å². The predicted molar refractivity (Wildman–Crippen MR) is 119 cm³/mol. The van der Waals surface area contributed by atoms with Crippen LogP contribution in [0.1, 0.15) is 27.1 Å². The minimum Gasteiger partial charge on any atom is -0.480 e. The minimum absolute atomic E-state index is 0.00566. The molecule has 0 atom stereocenters. The van der Waals surface area contributed by atoms with Gasteiger partial charge in [0, 0.05) is 31.9 Å². The Kier molecular flexibility index (Phi) is 9.39. The van der Waals surface area contributed by atoms with Crippen molar-refractivity contribution in [2.45, 2.75) is 12.6 Å². The molecule has 36 heavy (non-hydrogen) atoms. The van der Waals surface area contributed by atoms with Gasteiger partial charge in [0.05, 0.1) is 16.9 Å². The van der Waals surface area contributed by atoms with Crippen LogP contribution in [0.3, 0.4) is 0 Å². The van der Waals surface area contributed by atoms with Gasteiger partial charge in [-0.05, 0) is 38.2 Å². The molecule has 2 aliphatic rings. The molecule has 2 aliphatic heterocycles. The van der Waals surface area contributed by atoms with Crippen LogP contribution in [-0.2, 0) is 19.6 Å². The maximum atomic E-state index is 12.4. The van der Waals surface area contributed by atoms with Crippen molar-refractivity contribution < 1.29 is 51.0 Å². The van der Waals surface area contributed by atoms with Crippen molar-refractivity contribution in [1.82, 2.24) is 14.7 Å². The van der Waals surface area contributed by atoms with Crippen LogP contribution in [-0.4, -0.2) is 115 Å². The highest BCUT2D eigenvalue weighted by Crippen LogP contribution is 2.26. The number of imide groups is 1. The predicted octanol–water partition coefficient (Wildman–Crippen LogP) is 0.380. The molecule has 0 aliphatic carbocycles. The van der Waals surface area contributed by atoms with Crippen LogP contribution < -0.4 is 4.72 Å². The molecular formula is C20H25F3N4O8S. The van der Waals surface area contributed by atoms with Gasteiger partial charge in [-0.2, -0.15) is 13.2 Å². The lowest BCUT2D eigenvalue weighted by molar-refractivity contribution is -0.192. The molecule has 12 nitrogen and oxygen atoms in total. The van der Waals surface area contributed by atoms with Crippen molar-refractivity contribution in [3.05, 3.63) is 29.3 Å². The second-order valence-corrected chi connectivity index (χ2v) is 9.91. The average Bonchev–Trinajstić information content (AvgIpc) is 2.98. The molecule has 0 spiro atoms. The molecule has 200 valence electrons. The third-order valence-electron chi connectivity index (χ3n) is 5.26. The highest BCUT2D eigenvalue weighted by atomic mass is 32.2. The lowest BCUT2D eigenvalue weighted by atomic mass is 10.1. The van der Waals surface area contributed by atoms with Crippen LogP contribution in [0.5, 0.6) is 0 Å². The summed E-state index contributed by atoms with van der Waals surface area (Å²) < 4.78 is 58.9. The van der Waals surface area contributed by atoms with Crippen LogP contribution in [0.2, 0.25) is 0 Å². The van der Waals surface area contributed by atoms with Crippen molar-refractivity contribution in [1.29, 1.82) is 0 Å². The van der Waals surface area contributed by atoms with Crippen molar-refractivity contribution in [2.24, 2.45) is 0 Å². The van der Waals surface area contributed by atoms with Crippen LogP contribution in [0.25, 0.3) is 0 Å². The van der Waals surface area contributed by atoms with E-state index in [1.54, 1.807) is 0 Å². The second kappa shape index (κ2) is 11.7. The number of amides is 2. The first kappa shape index (κ1) is 29.0. The van der Waals surface area contributed by atoms with Gasteiger partial charge in [0.15, 0.2) is 0 Å². The van der Waals surface area contributed by atoms with Crippen LogP contribution in [0.4, 0.5) is 18.9 Å². The number of carbonyl (C=O) groups excluding carboxylic acids is 2. The summed E-state index contributed by atoms with van der Waals surface area (Å²) in [6.45, 7) is 3.71. The Labute approximate surface area is 204 Å². The van der Waals surface area contributed by atoms with Gasteiger partial charge in [-0.3, -0.25) is 24.0 Å². The third kappa shape index (κ3) is 8.17. The Bertz CT molecular complexity index is 1120. The fourth-order valence-electron chi connectivity index (χ4n) is 3.41. The zero-order chi connectivity index (χ0) is 27.3. The molecule has 0 bridgehead atoms. The summed E-state index contributed by atoms with van der Waals surface area (Å²) in [5, 5.41) is 16.0. The number of carbonyl (C=O) groups is 4. The average molecular weight is 539 g/mol. The second-order valence-electron chi connectivity index (χ2n) is 8.07. The number of piperazine rings is 1. The molecule has 1 saturated heterocycles. The van der Waals surface area contributed by atoms with Crippen molar-refractivity contribution >= 4 is 39.5 Å². The lowest BCUT2D eigenvalue weighted by Crippen LogP contribution is -2.45. The van der Waals surface area contributed by atoms with Gasteiger partial charge in [0.2, 0.25) is 10.0 Å². The topological polar surface area (TPSA) is 165 Å². The van der Waals surface area contributed by atoms with E-state index in [0.29, 0.717) is 17.9 Å². The fourth-order valence-corrected chi connectivity index (χ4v) is 4.51. The van der Waals surface area contributed by atoms with Crippen LogP contribution >= 0.6 is 0 Å². The molecule has 3 rings (SSSR count). The summed E-state index contributed by atoms with van der Waals surface area (Å²) in [5.41, 5.74) is 0.227. The number of carboxylic acids is 2. The highest BCUT2D eigenvalue weighted by Gasteiger charge is 2.38. The normalized spacial score (nSPS) is 16.8. The number of rotatable bonds is 8. The Morgan fingerprint density at radius 3 is 2.11 bits per heavy atom. The van der Waals surface area contributed by atoms with E-state index in [1.165, 1.54) is 18.2 Å². The summed E-state index contributed by atoms with van der Waals surface area (Å²) in [5.74, 6) is -5.57. The molecule has 2 heterocycles. The molecule has 0 radical (unpaired) electrons. The van der Waals surface area contributed by atoms with Crippen LogP contribution in [0, 0.1) is 0 Å². The summed E-state index contributed by atoms with van der Waals surface area (Å²) in [6.07, 6.45) is -4.60. The molecule has 0 saturated carbocycles. The smallest absolute Gasteiger partial charge is 0.480 e. The zero-order valence-corrected chi connectivity index (χ0v) is 19.9. The number of hydrogen-bond acceptors (Lipinski definition) is 8. The van der Waals surface area contributed by atoms with E-state index in [1.807, 2.05) is 0 Å². The number of benzene rings is 1. The fraction of sp³-hybridized carbons (Fsp3) is 0.500. The van der Waals surface area contributed by atoms with Gasteiger partial charge in [-0.25, -0.2) is 13.2 Å².